The predicted octanol–water partition coefficient (Wildman–Crippen LogP) is 1.62. The number of nitrogens with zero attached hydrogens (tertiary/aromatic N) is 1. The Bertz CT molecular complexity index is 543. The fourth-order valence-corrected chi connectivity index (χ4v) is 2.55. The largest absolute Gasteiger partial charge is 0.480 e. The highest BCUT2D eigenvalue weighted by Gasteiger charge is 2.21. The number of hydrogen-bond donors (Lipinski definition) is 2. The lowest BCUT2D eigenvalue weighted by molar-refractivity contribution is -0.140. The van der Waals surface area contributed by atoms with Gasteiger partial charge in [0.05, 0.1) is 6.61 Å². The summed E-state index contributed by atoms with van der Waals surface area (Å²) in [4.78, 5) is 27.3. The molecule has 0 bridgehead atoms. The number of carbonyl (C=O) groups excluding carboxylic acids is 1. The molecule has 0 spiro atoms. The van der Waals surface area contributed by atoms with E-state index in [1.807, 2.05) is 0 Å². The molecule has 1 aliphatic carbocycles. The second kappa shape index (κ2) is 8.47. The number of pyridine rings is 1. The van der Waals surface area contributed by atoms with Crippen LogP contribution in [0.25, 0.3) is 0 Å². The van der Waals surface area contributed by atoms with Crippen molar-refractivity contribution in [2.45, 2.75) is 44.2 Å². The van der Waals surface area contributed by atoms with Crippen LogP contribution in [0.2, 0.25) is 0 Å². The average Bonchev–Trinajstić information content (AvgIpc) is 2.55. The van der Waals surface area contributed by atoms with Gasteiger partial charge in [0.25, 0.3) is 5.91 Å². The van der Waals surface area contributed by atoms with Crippen molar-refractivity contribution in [2.24, 2.45) is 0 Å². The first-order valence-corrected chi connectivity index (χ1v) is 7.75. The monoisotopic (exact) mass is 322 g/mol. The van der Waals surface area contributed by atoms with E-state index in [0.29, 0.717) is 11.4 Å². The van der Waals surface area contributed by atoms with Crippen molar-refractivity contribution in [3.8, 4) is 5.88 Å². The molecule has 1 unspecified atom stereocenters. The lowest BCUT2D eigenvalue weighted by Gasteiger charge is -2.22. The Kier molecular flexibility index (Phi) is 6.34. The molecule has 126 valence electrons. The smallest absolute Gasteiger partial charge is 0.328 e. The molecule has 1 aromatic rings. The highest BCUT2D eigenvalue weighted by Crippen LogP contribution is 2.22. The van der Waals surface area contributed by atoms with Gasteiger partial charge in [-0.25, -0.2) is 9.78 Å². The molecular formula is C16H22N2O5. The van der Waals surface area contributed by atoms with Gasteiger partial charge in [0, 0.05) is 24.9 Å². The number of nitrogens with one attached hydrogen (secondary N) is 1. The molecule has 0 saturated heterocycles. The Hall–Kier alpha value is -2.15. The van der Waals surface area contributed by atoms with E-state index in [0.717, 1.165) is 25.7 Å². The van der Waals surface area contributed by atoms with Crippen LogP contribution in [0.3, 0.4) is 0 Å². The van der Waals surface area contributed by atoms with Gasteiger partial charge in [-0.2, -0.15) is 0 Å². The summed E-state index contributed by atoms with van der Waals surface area (Å²) < 4.78 is 10.6. The molecule has 1 atom stereocenters. The third-order valence-electron chi connectivity index (χ3n) is 3.77. The van der Waals surface area contributed by atoms with Crippen LogP contribution in [0, 0.1) is 0 Å². The fourth-order valence-electron chi connectivity index (χ4n) is 2.55. The summed E-state index contributed by atoms with van der Waals surface area (Å²) in [6, 6.07) is 1.97. The molecule has 1 aliphatic rings. The Balaban J connectivity index is 2.00. The predicted molar refractivity (Wildman–Crippen MR) is 82.5 cm³/mol. The lowest BCUT2D eigenvalue weighted by Crippen LogP contribution is -2.43. The molecule has 2 N–H and O–H groups in total. The highest BCUT2D eigenvalue weighted by molar-refractivity contribution is 5.96. The number of hydrogen-bond acceptors (Lipinski definition) is 5. The van der Waals surface area contributed by atoms with E-state index < -0.39 is 17.9 Å². The summed E-state index contributed by atoms with van der Waals surface area (Å²) in [6.45, 7) is -0.0996. The van der Waals surface area contributed by atoms with E-state index >= 15 is 0 Å². The van der Waals surface area contributed by atoms with E-state index in [2.05, 4.69) is 10.3 Å². The number of amides is 1. The van der Waals surface area contributed by atoms with E-state index in [9.17, 15) is 9.59 Å². The summed E-state index contributed by atoms with van der Waals surface area (Å²) in [7, 11) is 1.38. The van der Waals surface area contributed by atoms with Crippen LogP contribution < -0.4 is 10.1 Å². The zero-order valence-corrected chi connectivity index (χ0v) is 13.2. The van der Waals surface area contributed by atoms with E-state index in [1.54, 1.807) is 0 Å². The molecule has 1 amide bonds. The topological polar surface area (TPSA) is 97.8 Å². The normalized spacial score (nSPS) is 16.6. The molecule has 0 aromatic carbocycles. The highest BCUT2D eigenvalue weighted by atomic mass is 16.5. The van der Waals surface area contributed by atoms with Crippen molar-refractivity contribution in [3.63, 3.8) is 0 Å². The van der Waals surface area contributed by atoms with E-state index in [4.69, 9.17) is 14.6 Å². The van der Waals surface area contributed by atoms with Crippen molar-refractivity contribution in [2.75, 3.05) is 13.7 Å². The van der Waals surface area contributed by atoms with Crippen molar-refractivity contribution < 1.29 is 24.2 Å². The summed E-state index contributed by atoms with van der Waals surface area (Å²) in [5.41, 5.74) is 0.313. The van der Waals surface area contributed by atoms with Crippen LogP contribution in [0.15, 0.2) is 18.3 Å². The summed E-state index contributed by atoms with van der Waals surface area (Å²) in [5, 5.41) is 11.5. The second-order valence-corrected chi connectivity index (χ2v) is 5.58. The number of carboxylic acids is 1. The van der Waals surface area contributed by atoms with Gasteiger partial charge in [-0.1, -0.05) is 6.42 Å². The average molecular weight is 322 g/mol. The van der Waals surface area contributed by atoms with Gasteiger partial charge < -0.3 is 19.9 Å². The minimum absolute atomic E-state index is 0.0996. The van der Waals surface area contributed by atoms with Gasteiger partial charge in [0.15, 0.2) is 6.04 Å². The van der Waals surface area contributed by atoms with Gasteiger partial charge in [0.2, 0.25) is 5.88 Å². The van der Waals surface area contributed by atoms with Crippen molar-refractivity contribution in [1.29, 1.82) is 0 Å². The molecule has 2 rings (SSSR count). The minimum Gasteiger partial charge on any atom is -0.480 e. The molecule has 1 fully saturated rings. The Morgan fingerprint density at radius 3 is 2.78 bits per heavy atom. The van der Waals surface area contributed by atoms with E-state index in [-0.39, 0.29) is 12.7 Å². The van der Waals surface area contributed by atoms with Crippen LogP contribution in [-0.4, -0.2) is 47.8 Å². The molecule has 1 heterocycles. The SMILES string of the molecule is COCC(NC(=O)c1ccnc(OC2CCCCC2)c1)C(=O)O. The van der Waals surface area contributed by atoms with Crippen LogP contribution >= 0.6 is 0 Å². The molecule has 23 heavy (non-hydrogen) atoms. The molecule has 7 heteroatoms. The molecule has 1 aromatic heterocycles. The van der Waals surface area contributed by atoms with Gasteiger partial charge in [-0.3, -0.25) is 4.79 Å². The van der Waals surface area contributed by atoms with Gasteiger partial charge in [-0.05, 0) is 31.7 Å². The molecular weight excluding hydrogens is 300 g/mol. The van der Waals surface area contributed by atoms with Crippen molar-refractivity contribution in [3.05, 3.63) is 23.9 Å². The first-order chi connectivity index (χ1) is 11.1. The first-order valence-electron chi connectivity index (χ1n) is 7.75. The molecule has 1 saturated carbocycles. The Morgan fingerprint density at radius 1 is 1.39 bits per heavy atom. The molecule has 0 radical (unpaired) electrons. The number of ether oxygens (including phenoxy) is 2. The fraction of sp³-hybridized carbons (Fsp3) is 0.562. The third kappa shape index (κ3) is 5.21. The van der Waals surface area contributed by atoms with Crippen LogP contribution in [-0.2, 0) is 9.53 Å². The van der Waals surface area contributed by atoms with Crippen LogP contribution in [0.4, 0.5) is 0 Å². The second-order valence-electron chi connectivity index (χ2n) is 5.58. The molecule has 7 nitrogen and oxygen atoms in total. The maximum absolute atomic E-state index is 12.2. The van der Waals surface area contributed by atoms with Crippen LogP contribution in [0.1, 0.15) is 42.5 Å². The summed E-state index contributed by atoms with van der Waals surface area (Å²) in [6.07, 6.45) is 7.12. The van der Waals surface area contributed by atoms with Crippen molar-refractivity contribution >= 4 is 11.9 Å². The van der Waals surface area contributed by atoms with Crippen molar-refractivity contribution in [1.82, 2.24) is 10.3 Å². The van der Waals surface area contributed by atoms with Gasteiger partial charge in [0.1, 0.15) is 6.10 Å². The zero-order valence-electron chi connectivity index (χ0n) is 13.2. The van der Waals surface area contributed by atoms with Crippen LogP contribution in [0.5, 0.6) is 5.88 Å². The number of aliphatic carboxylic acids is 1. The number of aromatic nitrogens is 1. The number of carbonyl (C=O) groups is 2. The zero-order chi connectivity index (χ0) is 16.7. The minimum atomic E-state index is -1.15. The van der Waals surface area contributed by atoms with E-state index in [1.165, 1.54) is 31.9 Å². The standard InChI is InChI=1S/C16H22N2O5/c1-22-10-13(16(20)21)18-15(19)11-7-8-17-14(9-11)23-12-5-3-2-4-6-12/h7-9,12-13H,2-6,10H2,1H3,(H,18,19)(H,20,21). The quantitative estimate of drug-likeness (QED) is 0.791. The number of methoxy groups -OCH3 is 1. The lowest BCUT2D eigenvalue weighted by atomic mass is 9.98. The van der Waals surface area contributed by atoms with Gasteiger partial charge in [-0.15, -0.1) is 0 Å². The maximum Gasteiger partial charge on any atom is 0.328 e. The molecule has 0 aliphatic heterocycles. The third-order valence-corrected chi connectivity index (χ3v) is 3.77. The number of rotatable bonds is 7. The Labute approximate surface area is 135 Å². The Morgan fingerprint density at radius 2 is 2.13 bits per heavy atom. The first kappa shape index (κ1) is 17.2. The summed E-state index contributed by atoms with van der Waals surface area (Å²) in [5.74, 6) is -1.25. The summed E-state index contributed by atoms with van der Waals surface area (Å²) >= 11 is 0. The number of carboxylic acid groups (broad SMARTS) is 1. The maximum atomic E-state index is 12.2. The van der Waals surface area contributed by atoms with Gasteiger partial charge >= 0.3 is 5.97 Å².